The van der Waals surface area contributed by atoms with Crippen LogP contribution in [0, 0.1) is 6.92 Å². The molecule has 0 aliphatic carbocycles. The molecule has 0 aliphatic rings. The molecule has 0 saturated carbocycles. The lowest BCUT2D eigenvalue weighted by Crippen LogP contribution is -2.42. The minimum absolute atomic E-state index is 0.726. The third-order valence-corrected chi connectivity index (χ3v) is 11.6. The molecule has 0 amide bonds. The Morgan fingerprint density at radius 2 is 1.44 bits per heavy atom. The van der Waals surface area contributed by atoms with E-state index < -0.39 is 18.2 Å². The highest BCUT2D eigenvalue weighted by Gasteiger charge is 2.36. The molecule has 4 nitrogen and oxygen atoms in total. The molecule has 0 bridgehead atoms. The van der Waals surface area contributed by atoms with Gasteiger partial charge in [0.15, 0.2) is 5.44 Å². The number of aliphatic carboxylic acids is 1. The Labute approximate surface area is 246 Å². The molecule has 0 fully saturated rings. The predicted octanol–water partition coefficient (Wildman–Crippen LogP) is 4.96. The molecule has 0 N–H and O–H groups in total. The highest BCUT2D eigenvalue weighted by molar-refractivity contribution is 8.25. The number of hydrogen-bond donors (Lipinski definition) is 0. The van der Waals surface area contributed by atoms with E-state index in [2.05, 4.69) is 113 Å². The van der Waals surface area contributed by atoms with Crippen LogP contribution in [0.15, 0.2) is 115 Å². The molecule has 0 radical (unpaired) electrons. The Hall–Kier alpha value is -3.71. The van der Waals surface area contributed by atoms with E-state index in [1.54, 1.807) is 0 Å². The first-order chi connectivity index (χ1) is 19.5. The second kappa shape index (κ2) is 12.9. The SMILES string of the molecule is Cc1c(P(=S)(c2ccccc2)c2ccccc2)[n+]2ccccc2n1C/C=C/c1ccccc1Cl.O=C([O-])C(F)(F)F. The molecule has 41 heavy (non-hydrogen) atoms. The molecular formula is C31H25ClF3N2O2PS. The second-order valence-corrected chi connectivity index (χ2v) is 13.7. The number of hydrogen-bond acceptors (Lipinski definition) is 3. The van der Waals surface area contributed by atoms with Gasteiger partial charge < -0.3 is 9.90 Å². The minimum atomic E-state index is -5.19. The van der Waals surface area contributed by atoms with Gasteiger partial charge in [-0.05, 0) is 34.4 Å². The van der Waals surface area contributed by atoms with Gasteiger partial charge in [-0.1, -0.05) is 114 Å². The molecule has 3 aromatic carbocycles. The van der Waals surface area contributed by atoms with Gasteiger partial charge in [-0.2, -0.15) is 17.6 Å². The summed E-state index contributed by atoms with van der Waals surface area (Å²) >= 11 is 13.0. The van der Waals surface area contributed by atoms with Crippen LogP contribution in [0.4, 0.5) is 13.2 Å². The summed E-state index contributed by atoms with van der Waals surface area (Å²) in [4.78, 5) is 8.78. The topological polar surface area (TPSA) is 49.2 Å². The zero-order valence-corrected chi connectivity index (χ0v) is 24.3. The number of carboxylic acids is 1. The lowest BCUT2D eigenvalue weighted by atomic mass is 10.2. The molecule has 0 unspecified atom stereocenters. The van der Waals surface area contributed by atoms with Gasteiger partial charge in [0.25, 0.3) is 5.65 Å². The van der Waals surface area contributed by atoms with Crippen molar-refractivity contribution in [3.05, 3.63) is 132 Å². The van der Waals surface area contributed by atoms with Crippen LogP contribution < -0.4 is 25.6 Å². The van der Waals surface area contributed by atoms with Crippen LogP contribution in [0.3, 0.4) is 0 Å². The Morgan fingerprint density at radius 1 is 0.927 bits per heavy atom. The fourth-order valence-corrected chi connectivity index (χ4v) is 9.08. The first-order valence-electron chi connectivity index (χ1n) is 12.5. The highest BCUT2D eigenvalue weighted by Crippen LogP contribution is 2.43. The van der Waals surface area contributed by atoms with Crippen LogP contribution in [0.2, 0.25) is 5.02 Å². The van der Waals surface area contributed by atoms with Crippen molar-refractivity contribution in [1.29, 1.82) is 0 Å². The quantitative estimate of drug-likeness (QED) is 0.201. The number of aromatic nitrogens is 2. The van der Waals surface area contributed by atoms with E-state index in [1.807, 2.05) is 24.3 Å². The van der Waals surface area contributed by atoms with Gasteiger partial charge in [0, 0.05) is 18.0 Å². The molecule has 2 aromatic heterocycles. The lowest BCUT2D eigenvalue weighted by Gasteiger charge is -2.21. The summed E-state index contributed by atoms with van der Waals surface area (Å²) in [5.41, 5.74) is 4.53. The van der Waals surface area contributed by atoms with Crippen molar-refractivity contribution in [3.8, 4) is 0 Å². The maximum absolute atomic E-state index is 10.5. The van der Waals surface area contributed by atoms with Crippen LogP contribution in [0.25, 0.3) is 11.7 Å². The molecule has 0 atom stereocenters. The standard InChI is InChI=1S/C29H25ClN2PS.C2HF3O2/c1-23-29(33(34,25-15-4-2-5-16-25)26-17-6-3-7-18-26)32-21-11-10-20-28(32)31(23)22-12-14-24-13-8-9-19-27(24)30;3-2(4,5)1(6)7/h2-21H,22H2,1H3;(H,6,7)/q+1;/p-1/b14-12+;. The molecule has 10 heteroatoms. The highest BCUT2D eigenvalue weighted by atomic mass is 35.5. The Bertz CT molecular complexity index is 1700. The third kappa shape index (κ3) is 6.62. The van der Waals surface area contributed by atoms with Gasteiger partial charge in [0.05, 0.1) is 12.2 Å². The van der Waals surface area contributed by atoms with E-state index in [9.17, 15) is 13.2 Å². The summed E-state index contributed by atoms with van der Waals surface area (Å²) in [5.74, 6) is -3.01. The van der Waals surface area contributed by atoms with Gasteiger partial charge in [-0.15, -0.1) is 0 Å². The first-order valence-corrected chi connectivity index (χ1v) is 15.6. The molecule has 0 spiro atoms. The summed E-state index contributed by atoms with van der Waals surface area (Å²) in [7, 11) is 0. The third-order valence-electron chi connectivity index (χ3n) is 6.33. The minimum Gasteiger partial charge on any atom is -0.542 e. The van der Waals surface area contributed by atoms with E-state index in [-0.39, 0.29) is 0 Å². The van der Waals surface area contributed by atoms with E-state index in [4.69, 9.17) is 33.3 Å². The Kier molecular flexibility index (Phi) is 9.49. The summed E-state index contributed by atoms with van der Waals surface area (Å²) in [6.45, 7) is 2.92. The molecule has 0 saturated heterocycles. The predicted molar refractivity (Wildman–Crippen MR) is 160 cm³/mol. The molecule has 5 aromatic rings. The van der Waals surface area contributed by atoms with Crippen molar-refractivity contribution in [2.45, 2.75) is 19.6 Å². The number of alkyl halides is 3. The average Bonchev–Trinajstić information content (AvgIpc) is 3.25. The monoisotopic (exact) mass is 612 g/mol. The van der Waals surface area contributed by atoms with E-state index in [0.717, 1.165) is 22.8 Å². The molecular weight excluding hydrogens is 588 g/mol. The Morgan fingerprint density at radius 3 is 1.98 bits per heavy atom. The van der Waals surface area contributed by atoms with Gasteiger partial charge in [-0.3, -0.25) is 0 Å². The summed E-state index contributed by atoms with van der Waals surface area (Å²) in [6, 6.07) is 33.1. The zero-order chi connectivity index (χ0) is 29.6. The molecule has 210 valence electrons. The van der Waals surface area contributed by atoms with E-state index in [1.165, 1.54) is 21.7 Å². The number of carboxylic acid groups (broad SMARTS) is 1. The number of pyridine rings is 1. The summed E-state index contributed by atoms with van der Waals surface area (Å²) in [5, 5.41) is 11.9. The number of carbonyl (C=O) groups excluding carboxylic acids is 1. The maximum Gasteiger partial charge on any atom is 0.430 e. The van der Waals surface area contributed by atoms with E-state index in [0.29, 0.717) is 0 Å². The molecule has 2 heterocycles. The van der Waals surface area contributed by atoms with Crippen LogP contribution in [0.1, 0.15) is 11.3 Å². The van der Waals surface area contributed by atoms with Crippen LogP contribution in [0.5, 0.6) is 0 Å². The first kappa shape index (κ1) is 30.3. The van der Waals surface area contributed by atoms with Gasteiger partial charge in [0.1, 0.15) is 18.2 Å². The van der Waals surface area contributed by atoms with Gasteiger partial charge >= 0.3 is 6.18 Å². The number of fused-ring (bicyclic) bond motifs is 1. The second-order valence-electron chi connectivity index (χ2n) is 8.94. The van der Waals surface area contributed by atoms with Crippen molar-refractivity contribution in [1.82, 2.24) is 4.57 Å². The fourth-order valence-electron chi connectivity index (χ4n) is 4.47. The van der Waals surface area contributed by atoms with Gasteiger partial charge in [0.2, 0.25) is 0 Å². The smallest absolute Gasteiger partial charge is 0.430 e. The fraction of sp³-hybridized carbons (Fsp3) is 0.0968. The summed E-state index contributed by atoms with van der Waals surface area (Å²) in [6.07, 6.45) is 1.20. The number of carbonyl (C=O) groups is 1. The van der Waals surface area contributed by atoms with E-state index >= 15 is 0 Å². The number of allylic oxidation sites excluding steroid dienone is 1. The van der Waals surface area contributed by atoms with Crippen molar-refractivity contribution in [3.63, 3.8) is 0 Å². The number of nitrogens with zero attached hydrogens (tertiary/aromatic N) is 2. The number of rotatable bonds is 6. The van der Waals surface area contributed by atoms with Crippen LogP contribution in [-0.2, 0) is 23.1 Å². The Balaban J connectivity index is 0.000000493. The van der Waals surface area contributed by atoms with Crippen molar-refractivity contribution >= 4 is 63.2 Å². The van der Waals surface area contributed by atoms with Crippen LogP contribution >= 0.6 is 17.6 Å². The van der Waals surface area contributed by atoms with Crippen molar-refractivity contribution < 1.29 is 27.5 Å². The number of benzene rings is 3. The summed E-state index contributed by atoms with van der Waals surface area (Å²) < 4.78 is 36.2. The number of halogens is 4. The van der Waals surface area contributed by atoms with Crippen molar-refractivity contribution in [2.75, 3.05) is 0 Å². The maximum atomic E-state index is 10.5. The average molecular weight is 613 g/mol. The lowest BCUT2D eigenvalue weighted by molar-refractivity contribution is -0.490. The normalized spacial score (nSPS) is 11.8. The largest absolute Gasteiger partial charge is 0.542 e. The van der Waals surface area contributed by atoms with Gasteiger partial charge in [-0.25, -0.2) is 4.57 Å². The molecule has 5 rings (SSSR count). The number of imidazole rings is 1. The molecule has 0 aliphatic heterocycles. The van der Waals surface area contributed by atoms with Crippen molar-refractivity contribution in [2.24, 2.45) is 0 Å². The van der Waals surface area contributed by atoms with Crippen LogP contribution in [-0.4, -0.2) is 16.7 Å². The zero-order valence-electron chi connectivity index (χ0n) is 21.8.